The number of allylic oxidation sites excluding steroid dienone is 2. The Labute approximate surface area is 164 Å². The first-order valence-electron chi connectivity index (χ1n) is 8.63. The highest BCUT2D eigenvalue weighted by Crippen LogP contribution is 2.48. The van der Waals surface area contributed by atoms with Crippen LogP contribution in [0, 0.1) is 0 Å². The number of benzene rings is 2. The largest absolute Gasteiger partial charge is 0.497 e. The molecule has 2 aliphatic rings. The average Bonchev–Trinajstić information content (AvgIpc) is 3.07. The predicted octanol–water partition coefficient (Wildman–Crippen LogP) is 4.59. The van der Waals surface area contributed by atoms with Gasteiger partial charge in [-0.1, -0.05) is 42.5 Å². The maximum atomic E-state index is 12.7. The van der Waals surface area contributed by atoms with Gasteiger partial charge in [0.1, 0.15) is 0 Å². The van der Waals surface area contributed by atoms with E-state index in [4.69, 9.17) is 0 Å². The third-order valence-electron chi connectivity index (χ3n) is 4.98. The van der Waals surface area contributed by atoms with Gasteiger partial charge in [0.25, 0.3) is 0 Å². The highest BCUT2D eigenvalue weighted by Gasteiger charge is 2.47. The van der Waals surface area contributed by atoms with Crippen LogP contribution in [0.2, 0.25) is 0 Å². The van der Waals surface area contributed by atoms with E-state index in [9.17, 15) is 26.4 Å². The molecule has 0 saturated heterocycles. The number of nitrogens with one attached hydrogen (secondary N) is 1. The second-order valence-electron chi connectivity index (χ2n) is 6.87. The van der Waals surface area contributed by atoms with Gasteiger partial charge in [-0.3, -0.25) is 4.79 Å². The van der Waals surface area contributed by atoms with E-state index in [-0.39, 0.29) is 24.7 Å². The van der Waals surface area contributed by atoms with Crippen molar-refractivity contribution in [1.82, 2.24) is 0 Å². The SMILES string of the molecule is O=C1CC(C2=CCC(CS(=O)(=O)C(F)(F)F)S2)c2ccc3ccccc3c2N1. The molecule has 28 heavy (non-hydrogen) atoms. The van der Waals surface area contributed by atoms with Crippen molar-refractivity contribution in [2.45, 2.75) is 29.5 Å². The van der Waals surface area contributed by atoms with Gasteiger partial charge in [0.2, 0.25) is 15.7 Å². The van der Waals surface area contributed by atoms with Crippen LogP contribution in [-0.4, -0.2) is 30.8 Å². The van der Waals surface area contributed by atoms with Crippen molar-refractivity contribution in [3.63, 3.8) is 0 Å². The monoisotopic (exact) mass is 427 g/mol. The summed E-state index contributed by atoms with van der Waals surface area (Å²) < 4.78 is 60.9. The zero-order valence-corrected chi connectivity index (χ0v) is 16.1. The maximum Gasteiger partial charge on any atom is 0.497 e. The smallest absolute Gasteiger partial charge is 0.325 e. The van der Waals surface area contributed by atoms with Gasteiger partial charge in [-0.15, -0.1) is 11.8 Å². The number of halogens is 3. The molecule has 148 valence electrons. The van der Waals surface area contributed by atoms with Gasteiger partial charge in [-0.25, -0.2) is 8.42 Å². The lowest BCUT2D eigenvalue weighted by molar-refractivity contribution is -0.116. The number of amides is 1. The van der Waals surface area contributed by atoms with Crippen molar-refractivity contribution in [3.05, 3.63) is 52.9 Å². The van der Waals surface area contributed by atoms with Crippen LogP contribution < -0.4 is 5.32 Å². The summed E-state index contributed by atoms with van der Waals surface area (Å²) in [5.41, 5.74) is -3.63. The van der Waals surface area contributed by atoms with Crippen LogP contribution in [0.4, 0.5) is 18.9 Å². The Bertz CT molecular complexity index is 1090. The van der Waals surface area contributed by atoms with Gasteiger partial charge in [-0.05, 0) is 22.3 Å². The lowest BCUT2D eigenvalue weighted by Gasteiger charge is -2.28. The van der Waals surface area contributed by atoms with Crippen LogP contribution in [0.15, 0.2) is 47.4 Å². The lowest BCUT2D eigenvalue weighted by atomic mass is 9.87. The minimum absolute atomic E-state index is 0.165. The minimum atomic E-state index is -5.24. The summed E-state index contributed by atoms with van der Waals surface area (Å²) in [6.45, 7) is 0. The molecule has 2 heterocycles. The number of anilines is 1. The molecule has 9 heteroatoms. The number of fused-ring (bicyclic) bond motifs is 3. The van der Waals surface area contributed by atoms with Crippen molar-refractivity contribution < 1.29 is 26.4 Å². The molecule has 4 nitrogen and oxygen atoms in total. The number of hydrogen-bond acceptors (Lipinski definition) is 4. The van der Waals surface area contributed by atoms with Crippen molar-refractivity contribution >= 4 is 44.0 Å². The summed E-state index contributed by atoms with van der Waals surface area (Å²) in [7, 11) is -5.17. The van der Waals surface area contributed by atoms with Crippen molar-refractivity contribution in [2.24, 2.45) is 0 Å². The molecule has 0 bridgehead atoms. The number of rotatable bonds is 3. The van der Waals surface area contributed by atoms with E-state index in [1.807, 2.05) is 36.4 Å². The number of sulfone groups is 1. The lowest BCUT2D eigenvalue weighted by Crippen LogP contribution is -2.30. The Morgan fingerprint density at radius 2 is 1.89 bits per heavy atom. The fourth-order valence-electron chi connectivity index (χ4n) is 3.66. The Kier molecular flexibility index (Phi) is 4.70. The fourth-order valence-corrected chi connectivity index (χ4v) is 6.43. The van der Waals surface area contributed by atoms with Gasteiger partial charge < -0.3 is 5.32 Å². The van der Waals surface area contributed by atoms with Gasteiger partial charge in [-0.2, -0.15) is 13.2 Å². The minimum Gasteiger partial charge on any atom is -0.325 e. The molecule has 2 aromatic carbocycles. The van der Waals surface area contributed by atoms with E-state index in [2.05, 4.69) is 5.32 Å². The predicted molar refractivity (Wildman–Crippen MR) is 104 cm³/mol. The number of alkyl halides is 3. The molecular formula is C19H16F3NO3S2. The number of carbonyl (C=O) groups excluding carboxylic acids is 1. The Balaban J connectivity index is 1.62. The molecule has 2 unspecified atom stereocenters. The second-order valence-corrected chi connectivity index (χ2v) is 10.3. The second kappa shape index (κ2) is 6.81. The molecule has 0 fully saturated rings. The molecule has 0 saturated carbocycles. The molecule has 2 atom stereocenters. The molecule has 1 N–H and O–H groups in total. The molecule has 1 amide bonds. The van der Waals surface area contributed by atoms with Gasteiger partial charge in [0.15, 0.2) is 0 Å². The Morgan fingerprint density at radius 3 is 2.64 bits per heavy atom. The van der Waals surface area contributed by atoms with Crippen LogP contribution >= 0.6 is 11.8 Å². The third kappa shape index (κ3) is 3.41. The zero-order valence-electron chi connectivity index (χ0n) is 14.5. The standard InChI is InChI=1S/C19H16F3NO3S2/c20-19(21,22)28(25,26)10-12-6-8-16(27-12)15-9-17(24)23-18-13-4-2-1-3-11(13)5-7-14(15)18/h1-5,7-8,12,15H,6,9-10H2,(H,23,24). The molecule has 0 aliphatic carbocycles. The first kappa shape index (κ1) is 19.3. The summed E-state index contributed by atoms with van der Waals surface area (Å²) in [6, 6.07) is 11.5. The highest BCUT2D eigenvalue weighted by molar-refractivity contribution is 8.05. The quantitative estimate of drug-likeness (QED) is 0.778. The topological polar surface area (TPSA) is 63.2 Å². The van der Waals surface area contributed by atoms with Crippen LogP contribution in [0.1, 0.15) is 24.3 Å². The fraction of sp³-hybridized carbons (Fsp3) is 0.316. The van der Waals surface area contributed by atoms with Crippen LogP contribution in [0.5, 0.6) is 0 Å². The number of carbonyl (C=O) groups is 1. The first-order valence-corrected chi connectivity index (χ1v) is 11.2. The molecule has 0 radical (unpaired) electrons. The van der Waals surface area contributed by atoms with E-state index < -0.39 is 26.3 Å². The normalized spacial score (nSPS) is 22.7. The molecule has 0 aromatic heterocycles. The summed E-state index contributed by atoms with van der Waals surface area (Å²) in [6.07, 6.45) is 2.18. The summed E-state index contributed by atoms with van der Waals surface area (Å²) >= 11 is 1.13. The third-order valence-corrected chi connectivity index (χ3v) is 8.15. The average molecular weight is 427 g/mol. The summed E-state index contributed by atoms with van der Waals surface area (Å²) in [5, 5.41) is 4.08. The number of hydrogen-bond donors (Lipinski definition) is 1. The van der Waals surface area contributed by atoms with Crippen LogP contribution in [0.3, 0.4) is 0 Å². The van der Waals surface area contributed by atoms with Crippen LogP contribution in [0.25, 0.3) is 10.8 Å². The zero-order chi connectivity index (χ0) is 20.1. The van der Waals surface area contributed by atoms with Gasteiger partial charge in [0.05, 0.1) is 11.4 Å². The molecule has 2 aromatic rings. The van der Waals surface area contributed by atoms with E-state index >= 15 is 0 Å². The van der Waals surface area contributed by atoms with Crippen LogP contribution in [-0.2, 0) is 14.6 Å². The van der Waals surface area contributed by atoms with E-state index in [1.165, 1.54) is 0 Å². The maximum absolute atomic E-state index is 12.7. The van der Waals surface area contributed by atoms with Gasteiger partial charge >= 0.3 is 5.51 Å². The Hall–Kier alpha value is -2.00. The van der Waals surface area contributed by atoms with E-state index in [0.717, 1.165) is 33.0 Å². The van der Waals surface area contributed by atoms with Crippen molar-refractivity contribution in [1.29, 1.82) is 0 Å². The molecular weight excluding hydrogens is 411 g/mol. The summed E-state index contributed by atoms with van der Waals surface area (Å²) in [5.74, 6) is -1.40. The molecule has 2 aliphatic heterocycles. The first-order chi connectivity index (χ1) is 13.2. The van der Waals surface area contributed by atoms with Crippen molar-refractivity contribution in [2.75, 3.05) is 11.1 Å². The number of thioether (sulfide) groups is 1. The molecule has 4 rings (SSSR count). The Morgan fingerprint density at radius 1 is 1.14 bits per heavy atom. The molecule has 0 spiro atoms. The van der Waals surface area contributed by atoms with Crippen molar-refractivity contribution in [3.8, 4) is 0 Å². The van der Waals surface area contributed by atoms with E-state index in [1.54, 1.807) is 6.08 Å². The van der Waals surface area contributed by atoms with E-state index in [0.29, 0.717) is 5.69 Å². The van der Waals surface area contributed by atoms with Gasteiger partial charge in [0, 0.05) is 23.0 Å². The summed E-state index contributed by atoms with van der Waals surface area (Å²) in [4.78, 5) is 13.0. The highest BCUT2D eigenvalue weighted by atomic mass is 32.2.